The number of anilines is 1. The molecule has 0 radical (unpaired) electrons. The number of benzene rings is 3. The second kappa shape index (κ2) is 8.47. The first kappa shape index (κ1) is 20.4. The highest BCUT2D eigenvalue weighted by molar-refractivity contribution is 5.98. The zero-order chi connectivity index (χ0) is 22.0. The van der Waals surface area contributed by atoms with Crippen molar-refractivity contribution in [3.8, 4) is 0 Å². The van der Waals surface area contributed by atoms with Crippen LogP contribution in [0.5, 0.6) is 0 Å². The molecule has 2 unspecified atom stereocenters. The van der Waals surface area contributed by atoms with Gasteiger partial charge in [-0.2, -0.15) is 0 Å². The smallest absolute Gasteiger partial charge is 0.415 e. The van der Waals surface area contributed by atoms with Gasteiger partial charge in [-0.25, -0.2) is 4.79 Å². The average molecular weight is 416 g/mol. The fraction of sp³-hybridized carbons (Fsp3) is 0.208. The van der Waals surface area contributed by atoms with Crippen LogP contribution >= 0.6 is 0 Å². The van der Waals surface area contributed by atoms with E-state index < -0.39 is 12.2 Å². The van der Waals surface area contributed by atoms with Gasteiger partial charge in [0.2, 0.25) is 0 Å². The van der Waals surface area contributed by atoms with Gasteiger partial charge < -0.3 is 15.8 Å². The van der Waals surface area contributed by atoms with Crippen molar-refractivity contribution in [2.45, 2.75) is 25.5 Å². The summed E-state index contributed by atoms with van der Waals surface area (Å²) < 4.78 is 5.34. The van der Waals surface area contributed by atoms with Gasteiger partial charge in [0, 0.05) is 11.3 Å². The lowest BCUT2D eigenvalue weighted by atomic mass is 9.97. The summed E-state index contributed by atoms with van der Waals surface area (Å²) in [5, 5.41) is 12.7. The van der Waals surface area contributed by atoms with E-state index in [1.807, 2.05) is 49.4 Å². The Balaban J connectivity index is 1.49. The summed E-state index contributed by atoms with van der Waals surface area (Å²) >= 11 is 0. The first-order chi connectivity index (χ1) is 15.0. The summed E-state index contributed by atoms with van der Waals surface area (Å²) in [7, 11) is 0. The number of amidine groups is 1. The number of hydrogen-bond donors (Lipinski definition) is 3. The Labute approximate surface area is 180 Å². The van der Waals surface area contributed by atoms with Crippen LogP contribution in [0.25, 0.3) is 10.8 Å². The van der Waals surface area contributed by atoms with Crippen LogP contribution < -0.4 is 16.0 Å². The summed E-state index contributed by atoms with van der Waals surface area (Å²) in [6.45, 7) is 2.13. The maximum atomic E-state index is 12.9. The predicted molar refractivity (Wildman–Crippen MR) is 120 cm³/mol. The lowest BCUT2D eigenvalue weighted by molar-refractivity contribution is -0.128. The van der Waals surface area contributed by atoms with Crippen molar-refractivity contribution in [1.82, 2.24) is 5.32 Å². The van der Waals surface area contributed by atoms with Crippen LogP contribution in [0.15, 0.2) is 66.7 Å². The number of nitrogen functional groups attached to an aromatic ring is 1. The van der Waals surface area contributed by atoms with E-state index in [1.54, 1.807) is 24.3 Å². The Morgan fingerprint density at radius 3 is 2.58 bits per heavy atom. The molecule has 7 heteroatoms. The molecule has 1 aliphatic rings. The molecule has 7 nitrogen and oxygen atoms in total. The number of hydrogen-bond acceptors (Lipinski definition) is 4. The SMILES string of the molecule is CCC(NC(=O)C1CN(c2ccc(C(=N)N)cc2)C(=O)O1)c1cccc2ccccc12. The second-order valence-corrected chi connectivity index (χ2v) is 7.48. The number of amides is 2. The van der Waals surface area contributed by atoms with Crippen molar-refractivity contribution in [2.75, 3.05) is 11.4 Å². The maximum absolute atomic E-state index is 12.9. The molecule has 3 aromatic carbocycles. The third-order valence-corrected chi connectivity index (χ3v) is 5.52. The fourth-order valence-electron chi connectivity index (χ4n) is 3.85. The first-order valence-corrected chi connectivity index (χ1v) is 10.2. The highest BCUT2D eigenvalue weighted by Gasteiger charge is 2.37. The normalized spacial score (nSPS) is 16.7. The molecule has 4 N–H and O–H groups in total. The van der Waals surface area contributed by atoms with Crippen molar-refractivity contribution in [2.24, 2.45) is 5.73 Å². The monoisotopic (exact) mass is 416 g/mol. The largest absolute Gasteiger partial charge is 0.434 e. The highest BCUT2D eigenvalue weighted by atomic mass is 16.6. The molecule has 0 bridgehead atoms. The molecule has 158 valence electrons. The van der Waals surface area contributed by atoms with Crippen LogP contribution in [0.1, 0.15) is 30.5 Å². The standard InChI is InChI=1S/C24H24N4O3/c1-2-20(19-9-5-7-15-6-3-4-8-18(15)19)27-23(29)21-14-28(24(30)31-21)17-12-10-16(11-13-17)22(25)26/h3-13,20-21H,2,14H2,1H3,(H3,25,26)(H,27,29). The zero-order valence-electron chi connectivity index (χ0n) is 17.2. The van der Waals surface area contributed by atoms with Crippen molar-refractivity contribution in [1.29, 1.82) is 5.41 Å². The van der Waals surface area contributed by atoms with E-state index in [0.717, 1.165) is 16.3 Å². The zero-order valence-corrected chi connectivity index (χ0v) is 17.2. The van der Waals surface area contributed by atoms with E-state index in [-0.39, 0.29) is 24.3 Å². The molecule has 31 heavy (non-hydrogen) atoms. The van der Waals surface area contributed by atoms with Gasteiger partial charge >= 0.3 is 6.09 Å². The average Bonchev–Trinajstić information content (AvgIpc) is 3.19. The Bertz CT molecular complexity index is 1140. The number of nitrogens with one attached hydrogen (secondary N) is 2. The lowest BCUT2D eigenvalue weighted by Crippen LogP contribution is -2.39. The molecule has 0 spiro atoms. The van der Waals surface area contributed by atoms with Gasteiger partial charge in [0.1, 0.15) is 5.84 Å². The van der Waals surface area contributed by atoms with E-state index >= 15 is 0 Å². The number of carbonyl (C=O) groups is 2. The molecule has 1 saturated heterocycles. The van der Waals surface area contributed by atoms with Gasteiger partial charge in [-0.05, 0) is 47.0 Å². The molecule has 1 heterocycles. The predicted octanol–water partition coefficient (Wildman–Crippen LogP) is 3.72. The number of carbonyl (C=O) groups excluding carboxylic acids is 2. The van der Waals surface area contributed by atoms with E-state index in [1.165, 1.54) is 4.90 Å². The van der Waals surface area contributed by atoms with Crippen molar-refractivity contribution in [3.63, 3.8) is 0 Å². The number of nitrogens with zero attached hydrogens (tertiary/aromatic N) is 1. The van der Waals surface area contributed by atoms with Crippen molar-refractivity contribution >= 4 is 34.3 Å². The lowest BCUT2D eigenvalue weighted by Gasteiger charge is -2.21. The summed E-state index contributed by atoms with van der Waals surface area (Å²) in [5.41, 5.74) is 7.66. The molecule has 0 saturated carbocycles. The molecule has 1 fully saturated rings. The third-order valence-electron chi connectivity index (χ3n) is 5.52. The summed E-state index contributed by atoms with van der Waals surface area (Å²) in [4.78, 5) is 26.7. The Hall–Kier alpha value is -3.87. The van der Waals surface area contributed by atoms with E-state index in [4.69, 9.17) is 15.9 Å². The number of cyclic esters (lactones) is 1. The van der Waals surface area contributed by atoms with E-state index in [0.29, 0.717) is 17.7 Å². The summed E-state index contributed by atoms with van der Waals surface area (Å²) in [6, 6.07) is 20.6. The fourth-order valence-corrected chi connectivity index (χ4v) is 3.85. The van der Waals surface area contributed by atoms with Crippen LogP contribution in [0, 0.1) is 5.41 Å². The van der Waals surface area contributed by atoms with Crippen LogP contribution in [0.2, 0.25) is 0 Å². The molecule has 3 aromatic rings. The van der Waals surface area contributed by atoms with Crippen molar-refractivity contribution < 1.29 is 14.3 Å². The van der Waals surface area contributed by atoms with Crippen LogP contribution in [-0.4, -0.2) is 30.5 Å². The molecule has 2 amide bonds. The molecule has 1 aliphatic heterocycles. The Morgan fingerprint density at radius 2 is 1.87 bits per heavy atom. The molecular formula is C24H24N4O3. The first-order valence-electron chi connectivity index (χ1n) is 10.2. The molecule has 2 atom stereocenters. The number of fused-ring (bicyclic) bond motifs is 1. The molecule has 4 rings (SSSR count). The highest BCUT2D eigenvalue weighted by Crippen LogP contribution is 2.27. The van der Waals surface area contributed by atoms with Gasteiger partial charge in [0.25, 0.3) is 5.91 Å². The number of ether oxygens (including phenoxy) is 1. The molecular weight excluding hydrogens is 392 g/mol. The van der Waals surface area contributed by atoms with Gasteiger partial charge in [-0.15, -0.1) is 0 Å². The van der Waals surface area contributed by atoms with Crippen LogP contribution in [0.4, 0.5) is 10.5 Å². The van der Waals surface area contributed by atoms with Gasteiger partial charge in [0.15, 0.2) is 6.10 Å². The Morgan fingerprint density at radius 1 is 1.16 bits per heavy atom. The minimum Gasteiger partial charge on any atom is -0.434 e. The Kier molecular flexibility index (Phi) is 5.58. The minimum atomic E-state index is -0.899. The maximum Gasteiger partial charge on any atom is 0.415 e. The second-order valence-electron chi connectivity index (χ2n) is 7.48. The molecule has 0 aliphatic carbocycles. The summed E-state index contributed by atoms with van der Waals surface area (Å²) in [6.07, 6.45) is -0.769. The van der Waals surface area contributed by atoms with E-state index in [9.17, 15) is 9.59 Å². The topological polar surface area (TPSA) is 109 Å². The number of nitrogens with two attached hydrogens (primary N) is 1. The molecule has 0 aromatic heterocycles. The third kappa shape index (κ3) is 4.07. The van der Waals surface area contributed by atoms with Crippen molar-refractivity contribution in [3.05, 3.63) is 77.9 Å². The van der Waals surface area contributed by atoms with E-state index in [2.05, 4.69) is 5.32 Å². The number of rotatable bonds is 6. The van der Waals surface area contributed by atoms with Gasteiger partial charge in [-0.3, -0.25) is 15.1 Å². The minimum absolute atomic E-state index is 0.0492. The quantitative estimate of drug-likeness (QED) is 0.420. The van der Waals surface area contributed by atoms with Gasteiger partial charge in [-0.1, -0.05) is 49.4 Å². The summed E-state index contributed by atoms with van der Waals surface area (Å²) in [5.74, 6) is -0.372. The van der Waals surface area contributed by atoms with Gasteiger partial charge in [0.05, 0.1) is 12.6 Å². The van der Waals surface area contributed by atoms with Crippen LogP contribution in [0.3, 0.4) is 0 Å². The van der Waals surface area contributed by atoms with Crippen LogP contribution in [-0.2, 0) is 9.53 Å².